The summed E-state index contributed by atoms with van der Waals surface area (Å²) in [5, 5.41) is 8.74. The molecule has 2 aliphatic heterocycles. The summed E-state index contributed by atoms with van der Waals surface area (Å²) in [6, 6.07) is 0.171. The summed E-state index contributed by atoms with van der Waals surface area (Å²) in [7, 11) is 0. The van der Waals surface area contributed by atoms with Gasteiger partial charge in [0, 0.05) is 32.6 Å². The minimum Gasteiger partial charge on any atom is -0.481 e. The van der Waals surface area contributed by atoms with Crippen LogP contribution in [0.15, 0.2) is 0 Å². The van der Waals surface area contributed by atoms with E-state index in [9.17, 15) is 9.59 Å². The molecule has 2 fully saturated rings. The molecule has 5 nitrogen and oxygen atoms in total. The Bertz CT molecular complexity index is 373. The van der Waals surface area contributed by atoms with E-state index in [1.54, 1.807) is 0 Å². The van der Waals surface area contributed by atoms with Crippen molar-refractivity contribution in [3.63, 3.8) is 0 Å². The Morgan fingerprint density at radius 2 is 1.76 bits per heavy atom. The second-order valence-corrected chi connectivity index (χ2v) is 6.51. The van der Waals surface area contributed by atoms with Gasteiger partial charge in [0.2, 0.25) is 0 Å². The molecule has 2 saturated heterocycles. The van der Waals surface area contributed by atoms with Crippen LogP contribution in [-0.4, -0.2) is 53.1 Å². The van der Waals surface area contributed by atoms with Crippen molar-refractivity contribution in [2.75, 3.05) is 26.2 Å². The zero-order chi connectivity index (χ0) is 15.2. The molecule has 0 aliphatic carbocycles. The monoisotopic (exact) mass is 296 g/mol. The second-order valence-electron chi connectivity index (χ2n) is 6.51. The summed E-state index contributed by atoms with van der Waals surface area (Å²) in [6.45, 7) is 5.52. The number of carbonyl (C=O) groups excluding carboxylic acids is 1. The van der Waals surface area contributed by atoms with Gasteiger partial charge in [0.05, 0.1) is 0 Å². The van der Waals surface area contributed by atoms with Crippen LogP contribution in [0.2, 0.25) is 0 Å². The van der Waals surface area contributed by atoms with Crippen LogP contribution in [0.1, 0.15) is 51.9 Å². The number of aliphatic carboxylic acids is 1. The Morgan fingerprint density at radius 1 is 1.05 bits per heavy atom. The summed E-state index contributed by atoms with van der Waals surface area (Å²) in [4.78, 5) is 27.1. The number of rotatable bonds is 4. The molecule has 21 heavy (non-hydrogen) atoms. The number of likely N-dealkylation sites (tertiary alicyclic amines) is 2. The predicted molar refractivity (Wildman–Crippen MR) is 81.2 cm³/mol. The summed E-state index contributed by atoms with van der Waals surface area (Å²) < 4.78 is 0. The summed E-state index contributed by atoms with van der Waals surface area (Å²) in [5.74, 6) is 0.392. The van der Waals surface area contributed by atoms with E-state index >= 15 is 0 Å². The molecule has 2 unspecified atom stereocenters. The Labute approximate surface area is 127 Å². The molecule has 1 N–H and O–H groups in total. The van der Waals surface area contributed by atoms with Crippen molar-refractivity contribution < 1.29 is 14.7 Å². The average Bonchev–Trinajstić information content (AvgIpc) is 2.81. The lowest BCUT2D eigenvalue weighted by molar-refractivity contribution is -0.137. The fourth-order valence-corrected chi connectivity index (χ4v) is 3.53. The molecule has 2 heterocycles. The zero-order valence-corrected chi connectivity index (χ0v) is 13.1. The normalized spacial score (nSPS) is 26.7. The quantitative estimate of drug-likeness (QED) is 0.867. The molecule has 0 saturated carbocycles. The van der Waals surface area contributed by atoms with E-state index in [2.05, 4.69) is 6.92 Å². The molecular formula is C16H28N2O3. The molecule has 2 aliphatic rings. The van der Waals surface area contributed by atoms with Crippen molar-refractivity contribution in [2.45, 2.75) is 51.9 Å². The van der Waals surface area contributed by atoms with E-state index in [0.29, 0.717) is 12.3 Å². The van der Waals surface area contributed by atoms with Crippen molar-refractivity contribution in [1.82, 2.24) is 9.80 Å². The van der Waals surface area contributed by atoms with Crippen LogP contribution < -0.4 is 0 Å². The molecule has 0 bridgehead atoms. The lowest BCUT2D eigenvalue weighted by Crippen LogP contribution is -2.42. The predicted octanol–water partition coefficient (Wildman–Crippen LogP) is 2.81. The molecule has 120 valence electrons. The molecular weight excluding hydrogens is 268 g/mol. The van der Waals surface area contributed by atoms with E-state index in [4.69, 9.17) is 5.11 Å². The summed E-state index contributed by atoms with van der Waals surface area (Å²) in [5.41, 5.74) is 0. The summed E-state index contributed by atoms with van der Waals surface area (Å²) >= 11 is 0. The first-order valence-electron chi connectivity index (χ1n) is 8.35. The third-order valence-corrected chi connectivity index (χ3v) is 5.02. The largest absolute Gasteiger partial charge is 0.481 e. The van der Waals surface area contributed by atoms with Gasteiger partial charge in [-0.2, -0.15) is 0 Å². The molecule has 0 aromatic heterocycles. The fourth-order valence-electron chi connectivity index (χ4n) is 3.53. The molecule has 2 amide bonds. The van der Waals surface area contributed by atoms with E-state index in [1.165, 1.54) is 12.8 Å². The van der Waals surface area contributed by atoms with Gasteiger partial charge in [-0.05, 0) is 43.9 Å². The number of carboxylic acids is 1. The van der Waals surface area contributed by atoms with Crippen molar-refractivity contribution in [3.8, 4) is 0 Å². The van der Waals surface area contributed by atoms with E-state index < -0.39 is 5.97 Å². The maximum absolute atomic E-state index is 12.6. The highest BCUT2D eigenvalue weighted by Crippen LogP contribution is 2.25. The van der Waals surface area contributed by atoms with Gasteiger partial charge in [-0.25, -0.2) is 4.79 Å². The van der Waals surface area contributed by atoms with Crippen LogP contribution in [0.5, 0.6) is 0 Å². The minimum atomic E-state index is -0.738. The lowest BCUT2D eigenvalue weighted by Gasteiger charge is -2.27. The number of urea groups is 1. The Hall–Kier alpha value is -1.26. The molecule has 0 spiro atoms. The highest BCUT2D eigenvalue weighted by atomic mass is 16.4. The van der Waals surface area contributed by atoms with Crippen molar-refractivity contribution >= 4 is 12.0 Å². The SMILES string of the molecule is CCC1CCCN(C(=O)N2CCC(CCC(=O)O)C2)CC1. The number of hydrogen-bond acceptors (Lipinski definition) is 2. The third-order valence-electron chi connectivity index (χ3n) is 5.02. The van der Waals surface area contributed by atoms with Gasteiger partial charge in [-0.3, -0.25) is 4.79 Å². The van der Waals surface area contributed by atoms with Gasteiger partial charge in [0.15, 0.2) is 0 Å². The second kappa shape index (κ2) is 7.66. The highest BCUT2D eigenvalue weighted by molar-refractivity contribution is 5.74. The number of hydrogen-bond donors (Lipinski definition) is 1. The van der Waals surface area contributed by atoms with Crippen LogP contribution in [-0.2, 0) is 4.79 Å². The molecule has 2 atom stereocenters. The smallest absolute Gasteiger partial charge is 0.320 e. The average molecular weight is 296 g/mol. The third kappa shape index (κ3) is 4.61. The number of nitrogens with zero attached hydrogens (tertiary/aromatic N) is 2. The number of carboxylic acid groups (broad SMARTS) is 1. The van der Waals surface area contributed by atoms with Crippen LogP contribution >= 0.6 is 0 Å². The molecule has 0 aromatic carbocycles. The first kappa shape index (κ1) is 16.1. The van der Waals surface area contributed by atoms with Gasteiger partial charge in [-0.15, -0.1) is 0 Å². The van der Waals surface area contributed by atoms with E-state index in [-0.39, 0.29) is 12.5 Å². The van der Waals surface area contributed by atoms with Crippen LogP contribution in [0, 0.1) is 11.8 Å². The Morgan fingerprint density at radius 3 is 2.48 bits per heavy atom. The highest BCUT2D eigenvalue weighted by Gasteiger charge is 2.30. The van der Waals surface area contributed by atoms with Crippen molar-refractivity contribution in [1.29, 1.82) is 0 Å². The van der Waals surface area contributed by atoms with Crippen molar-refractivity contribution in [2.24, 2.45) is 11.8 Å². The number of amides is 2. The summed E-state index contributed by atoms with van der Waals surface area (Å²) in [6.07, 6.45) is 6.54. The fraction of sp³-hybridized carbons (Fsp3) is 0.875. The topological polar surface area (TPSA) is 60.9 Å². The van der Waals surface area contributed by atoms with Crippen LogP contribution in [0.3, 0.4) is 0 Å². The molecule has 0 aromatic rings. The first-order valence-corrected chi connectivity index (χ1v) is 8.35. The standard InChI is InChI=1S/C16H28N2O3/c1-2-13-4-3-9-17(10-7-13)16(21)18-11-8-14(12-18)5-6-15(19)20/h13-14H,2-12H2,1H3,(H,19,20). The van der Waals surface area contributed by atoms with Crippen molar-refractivity contribution in [3.05, 3.63) is 0 Å². The maximum Gasteiger partial charge on any atom is 0.320 e. The molecule has 0 radical (unpaired) electrons. The van der Waals surface area contributed by atoms with Gasteiger partial charge < -0.3 is 14.9 Å². The lowest BCUT2D eigenvalue weighted by atomic mass is 9.98. The first-order chi connectivity index (χ1) is 10.1. The Kier molecular flexibility index (Phi) is 5.88. The zero-order valence-electron chi connectivity index (χ0n) is 13.1. The van der Waals surface area contributed by atoms with Gasteiger partial charge >= 0.3 is 12.0 Å². The Balaban J connectivity index is 1.79. The molecule has 2 rings (SSSR count). The van der Waals surface area contributed by atoms with E-state index in [0.717, 1.165) is 51.4 Å². The molecule has 5 heteroatoms. The van der Waals surface area contributed by atoms with Crippen LogP contribution in [0.25, 0.3) is 0 Å². The van der Waals surface area contributed by atoms with Crippen LogP contribution in [0.4, 0.5) is 4.79 Å². The van der Waals surface area contributed by atoms with Gasteiger partial charge in [-0.1, -0.05) is 13.3 Å². The maximum atomic E-state index is 12.6. The van der Waals surface area contributed by atoms with E-state index in [1.807, 2.05) is 9.80 Å². The number of carbonyl (C=O) groups is 2. The van der Waals surface area contributed by atoms with Gasteiger partial charge in [0.25, 0.3) is 0 Å². The van der Waals surface area contributed by atoms with Gasteiger partial charge in [0.1, 0.15) is 0 Å². The minimum absolute atomic E-state index is 0.171.